The van der Waals surface area contributed by atoms with E-state index in [1.807, 2.05) is 4.90 Å². The molecule has 2 atom stereocenters. The Morgan fingerprint density at radius 1 is 1.42 bits per heavy atom. The Hall–Kier alpha value is -0.770. The molecular weight excluding hydrogens is 154 g/mol. The van der Waals surface area contributed by atoms with E-state index in [9.17, 15) is 4.79 Å². The Kier molecular flexibility index (Phi) is 1.92. The molecule has 0 aromatic heterocycles. The summed E-state index contributed by atoms with van der Waals surface area (Å²) in [6.07, 6.45) is 2.32. The summed E-state index contributed by atoms with van der Waals surface area (Å²) in [5, 5.41) is 6.03. The third-order valence-electron chi connectivity index (χ3n) is 2.83. The van der Waals surface area contributed by atoms with Gasteiger partial charge in [-0.2, -0.15) is 0 Å². The molecule has 2 amide bonds. The van der Waals surface area contributed by atoms with E-state index in [1.54, 1.807) is 7.05 Å². The Labute approximate surface area is 72.3 Å². The summed E-state index contributed by atoms with van der Waals surface area (Å²) >= 11 is 0. The van der Waals surface area contributed by atoms with Crippen LogP contribution in [0, 0.1) is 0 Å². The van der Waals surface area contributed by atoms with Crippen LogP contribution in [0.25, 0.3) is 0 Å². The highest BCUT2D eigenvalue weighted by molar-refractivity contribution is 5.75. The quantitative estimate of drug-likeness (QED) is 0.526. The number of rotatable bonds is 0. The van der Waals surface area contributed by atoms with Crippen LogP contribution in [0.4, 0.5) is 4.79 Å². The largest absolute Gasteiger partial charge is 0.341 e. The maximum atomic E-state index is 11.4. The molecule has 2 saturated heterocycles. The van der Waals surface area contributed by atoms with Crippen LogP contribution in [0.15, 0.2) is 0 Å². The van der Waals surface area contributed by atoms with Crippen molar-refractivity contribution in [3.05, 3.63) is 0 Å². The molecule has 0 saturated carbocycles. The summed E-state index contributed by atoms with van der Waals surface area (Å²) in [6, 6.07) is 0.955. The third-order valence-corrected chi connectivity index (χ3v) is 2.83. The van der Waals surface area contributed by atoms with E-state index in [0.717, 1.165) is 25.9 Å². The van der Waals surface area contributed by atoms with Crippen LogP contribution in [0.1, 0.15) is 12.8 Å². The fourth-order valence-electron chi connectivity index (χ4n) is 2.24. The maximum Gasteiger partial charge on any atom is 0.317 e. The molecule has 2 heterocycles. The van der Waals surface area contributed by atoms with Crippen molar-refractivity contribution in [1.82, 2.24) is 15.5 Å². The van der Waals surface area contributed by atoms with Crippen molar-refractivity contribution >= 4 is 6.03 Å². The van der Waals surface area contributed by atoms with Gasteiger partial charge in [-0.25, -0.2) is 4.79 Å². The molecule has 12 heavy (non-hydrogen) atoms. The zero-order valence-corrected chi connectivity index (χ0v) is 7.34. The average Bonchev–Trinajstić information content (AvgIpc) is 2.35. The summed E-state index contributed by atoms with van der Waals surface area (Å²) in [5.74, 6) is 0. The summed E-state index contributed by atoms with van der Waals surface area (Å²) in [6.45, 7) is 1.92. The second kappa shape index (κ2) is 2.94. The molecule has 0 spiro atoms. The molecule has 0 aliphatic carbocycles. The number of nitrogens with one attached hydrogen (secondary N) is 2. The third kappa shape index (κ3) is 1.06. The summed E-state index contributed by atoms with van der Waals surface area (Å²) in [5.41, 5.74) is 0. The molecule has 2 aliphatic heterocycles. The van der Waals surface area contributed by atoms with Crippen LogP contribution in [0.2, 0.25) is 0 Å². The van der Waals surface area contributed by atoms with Crippen molar-refractivity contribution in [3.8, 4) is 0 Å². The first-order chi connectivity index (χ1) is 5.83. The van der Waals surface area contributed by atoms with E-state index < -0.39 is 0 Å². The minimum absolute atomic E-state index is 0.0870. The molecule has 4 heteroatoms. The van der Waals surface area contributed by atoms with Crippen molar-refractivity contribution in [1.29, 1.82) is 0 Å². The van der Waals surface area contributed by atoms with Gasteiger partial charge in [0.2, 0.25) is 0 Å². The van der Waals surface area contributed by atoms with E-state index in [-0.39, 0.29) is 6.03 Å². The molecular formula is C8H15N3O. The number of hydrogen-bond acceptors (Lipinski definition) is 2. The van der Waals surface area contributed by atoms with Gasteiger partial charge in [-0.3, -0.25) is 0 Å². The number of nitrogens with zero attached hydrogens (tertiary/aromatic N) is 1. The summed E-state index contributed by atoms with van der Waals surface area (Å²) < 4.78 is 0. The predicted octanol–water partition coefficient (Wildman–Crippen LogP) is -0.238. The van der Waals surface area contributed by atoms with Crippen molar-refractivity contribution < 1.29 is 4.79 Å². The first kappa shape index (κ1) is 7.86. The molecule has 2 fully saturated rings. The minimum atomic E-state index is 0.0870. The lowest BCUT2D eigenvalue weighted by atomic mass is 10.2. The van der Waals surface area contributed by atoms with E-state index >= 15 is 0 Å². The van der Waals surface area contributed by atoms with Gasteiger partial charge in [0.1, 0.15) is 0 Å². The molecule has 2 bridgehead atoms. The van der Waals surface area contributed by atoms with E-state index in [2.05, 4.69) is 10.6 Å². The van der Waals surface area contributed by atoms with Gasteiger partial charge in [-0.05, 0) is 12.8 Å². The Morgan fingerprint density at radius 2 is 2.00 bits per heavy atom. The highest BCUT2D eigenvalue weighted by Crippen LogP contribution is 2.26. The second-order valence-electron chi connectivity index (χ2n) is 3.51. The summed E-state index contributed by atoms with van der Waals surface area (Å²) in [4.78, 5) is 13.4. The Balaban J connectivity index is 2.10. The first-order valence-electron chi connectivity index (χ1n) is 4.53. The smallest absolute Gasteiger partial charge is 0.317 e. The molecule has 2 N–H and O–H groups in total. The van der Waals surface area contributed by atoms with E-state index in [4.69, 9.17) is 0 Å². The number of carbonyl (C=O) groups excluding carboxylic acids is 1. The number of piperazine rings is 1. The van der Waals surface area contributed by atoms with Gasteiger partial charge in [0.25, 0.3) is 0 Å². The Bertz CT molecular complexity index is 179. The molecule has 2 unspecified atom stereocenters. The van der Waals surface area contributed by atoms with Gasteiger partial charge in [0.15, 0.2) is 0 Å². The fourth-order valence-corrected chi connectivity index (χ4v) is 2.24. The SMILES string of the molecule is CNC(=O)N1C2CCC1CNC2. The molecule has 2 aliphatic rings. The van der Waals surface area contributed by atoms with E-state index in [0.29, 0.717) is 12.1 Å². The molecule has 68 valence electrons. The van der Waals surface area contributed by atoms with Crippen LogP contribution in [-0.4, -0.2) is 43.2 Å². The first-order valence-corrected chi connectivity index (χ1v) is 4.53. The lowest BCUT2D eigenvalue weighted by Gasteiger charge is -2.34. The zero-order valence-electron chi connectivity index (χ0n) is 7.34. The molecule has 2 rings (SSSR count). The topological polar surface area (TPSA) is 44.4 Å². The van der Waals surface area contributed by atoms with Crippen molar-refractivity contribution in [2.75, 3.05) is 20.1 Å². The van der Waals surface area contributed by atoms with Gasteiger partial charge in [-0.15, -0.1) is 0 Å². The fraction of sp³-hybridized carbons (Fsp3) is 0.875. The monoisotopic (exact) mass is 169 g/mol. The van der Waals surface area contributed by atoms with Gasteiger partial charge in [-0.1, -0.05) is 0 Å². The highest BCUT2D eigenvalue weighted by Gasteiger charge is 2.38. The van der Waals surface area contributed by atoms with Crippen molar-refractivity contribution in [3.63, 3.8) is 0 Å². The standard InChI is InChI=1S/C8H15N3O/c1-9-8(12)11-6-2-3-7(11)5-10-4-6/h6-7,10H,2-5H2,1H3,(H,9,12). The zero-order chi connectivity index (χ0) is 8.55. The van der Waals surface area contributed by atoms with Crippen LogP contribution in [0.5, 0.6) is 0 Å². The molecule has 0 aromatic rings. The lowest BCUT2D eigenvalue weighted by molar-refractivity contribution is 0.156. The van der Waals surface area contributed by atoms with Crippen molar-refractivity contribution in [2.24, 2.45) is 0 Å². The average molecular weight is 169 g/mol. The van der Waals surface area contributed by atoms with Crippen LogP contribution in [0.3, 0.4) is 0 Å². The number of amides is 2. The van der Waals surface area contributed by atoms with Crippen LogP contribution in [-0.2, 0) is 0 Å². The number of urea groups is 1. The Morgan fingerprint density at radius 3 is 2.50 bits per heavy atom. The molecule has 0 radical (unpaired) electrons. The van der Waals surface area contributed by atoms with Gasteiger partial charge < -0.3 is 15.5 Å². The van der Waals surface area contributed by atoms with Gasteiger partial charge in [0, 0.05) is 32.2 Å². The highest BCUT2D eigenvalue weighted by atomic mass is 16.2. The second-order valence-corrected chi connectivity index (χ2v) is 3.51. The number of hydrogen-bond donors (Lipinski definition) is 2. The number of carbonyl (C=O) groups is 1. The number of fused-ring (bicyclic) bond motifs is 2. The van der Waals surface area contributed by atoms with Crippen molar-refractivity contribution in [2.45, 2.75) is 24.9 Å². The van der Waals surface area contributed by atoms with Crippen LogP contribution < -0.4 is 10.6 Å². The van der Waals surface area contributed by atoms with Gasteiger partial charge >= 0.3 is 6.03 Å². The summed E-state index contributed by atoms with van der Waals surface area (Å²) in [7, 11) is 1.70. The minimum Gasteiger partial charge on any atom is -0.341 e. The molecule has 0 aromatic carbocycles. The maximum absolute atomic E-state index is 11.4. The van der Waals surface area contributed by atoms with Gasteiger partial charge in [0.05, 0.1) is 0 Å². The molecule has 4 nitrogen and oxygen atoms in total. The predicted molar refractivity (Wildman–Crippen MR) is 46.0 cm³/mol. The van der Waals surface area contributed by atoms with Crippen LogP contribution >= 0.6 is 0 Å². The van der Waals surface area contributed by atoms with E-state index in [1.165, 1.54) is 0 Å². The lowest BCUT2D eigenvalue weighted by Crippen LogP contribution is -2.56. The normalized spacial score (nSPS) is 33.6.